The van der Waals surface area contributed by atoms with Gasteiger partial charge in [-0.1, -0.05) is 18.2 Å². The van der Waals surface area contributed by atoms with Crippen molar-refractivity contribution in [3.63, 3.8) is 0 Å². The van der Waals surface area contributed by atoms with Gasteiger partial charge in [-0.3, -0.25) is 9.59 Å². The van der Waals surface area contributed by atoms with Crippen LogP contribution in [0.1, 0.15) is 37.6 Å². The standard InChI is InChI=1S/C18H26N2O4S/c1-18(2,3)20-15(21)12-24-17(23)14(10-11-25-4)19-16(22)13-8-6-5-7-9-13/h5-9,14H,10-12H2,1-4H3,(H,19,22)(H,20,21)/t14-/m0/s1. The first-order valence-corrected chi connectivity index (χ1v) is 9.45. The Morgan fingerprint density at radius 2 is 1.80 bits per heavy atom. The Hall–Kier alpha value is -2.02. The van der Waals surface area contributed by atoms with Gasteiger partial charge in [0.05, 0.1) is 0 Å². The molecule has 0 saturated heterocycles. The molecule has 1 atom stereocenters. The van der Waals surface area contributed by atoms with Crippen molar-refractivity contribution < 1.29 is 19.1 Å². The average molecular weight is 366 g/mol. The SMILES string of the molecule is CSCC[C@H](NC(=O)c1ccccc1)C(=O)OCC(=O)NC(C)(C)C. The summed E-state index contributed by atoms with van der Waals surface area (Å²) >= 11 is 1.56. The van der Waals surface area contributed by atoms with Gasteiger partial charge in [0.1, 0.15) is 6.04 Å². The van der Waals surface area contributed by atoms with Gasteiger partial charge in [0.15, 0.2) is 6.61 Å². The number of hydrogen-bond donors (Lipinski definition) is 2. The molecule has 0 spiro atoms. The number of benzene rings is 1. The van der Waals surface area contributed by atoms with Gasteiger partial charge in [-0.15, -0.1) is 0 Å². The quantitative estimate of drug-likeness (QED) is 0.688. The van der Waals surface area contributed by atoms with E-state index in [9.17, 15) is 14.4 Å². The van der Waals surface area contributed by atoms with E-state index in [4.69, 9.17) is 4.74 Å². The number of carbonyl (C=O) groups is 3. The Bertz CT molecular complexity index is 584. The van der Waals surface area contributed by atoms with Crippen LogP contribution in [-0.2, 0) is 14.3 Å². The zero-order valence-corrected chi connectivity index (χ0v) is 15.9. The summed E-state index contributed by atoms with van der Waals surface area (Å²) < 4.78 is 5.07. The first kappa shape index (κ1) is 21.0. The van der Waals surface area contributed by atoms with Crippen molar-refractivity contribution in [1.82, 2.24) is 10.6 Å². The van der Waals surface area contributed by atoms with Crippen LogP contribution in [0.4, 0.5) is 0 Å². The highest BCUT2D eigenvalue weighted by atomic mass is 32.2. The van der Waals surface area contributed by atoms with Crippen molar-refractivity contribution in [1.29, 1.82) is 0 Å². The predicted molar refractivity (Wildman–Crippen MR) is 99.5 cm³/mol. The zero-order valence-electron chi connectivity index (χ0n) is 15.1. The van der Waals surface area contributed by atoms with Gasteiger partial charge in [0.25, 0.3) is 11.8 Å². The minimum atomic E-state index is -0.789. The maximum atomic E-state index is 12.3. The van der Waals surface area contributed by atoms with Crippen molar-refractivity contribution >= 4 is 29.5 Å². The van der Waals surface area contributed by atoms with E-state index in [-0.39, 0.29) is 18.4 Å². The van der Waals surface area contributed by atoms with Crippen molar-refractivity contribution in [2.24, 2.45) is 0 Å². The van der Waals surface area contributed by atoms with Crippen LogP contribution in [0, 0.1) is 0 Å². The number of rotatable bonds is 8. The minimum absolute atomic E-state index is 0.345. The molecule has 0 saturated carbocycles. The number of ether oxygens (including phenoxy) is 1. The molecule has 1 rings (SSSR count). The Balaban J connectivity index is 2.63. The molecular weight excluding hydrogens is 340 g/mol. The third-order valence-corrected chi connectivity index (χ3v) is 3.74. The van der Waals surface area contributed by atoms with Crippen LogP contribution in [-0.4, -0.2) is 48.0 Å². The van der Waals surface area contributed by atoms with Crippen LogP contribution in [0.25, 0.3) is 0 Å². The van der Waals surface area contributed by atoms with E-state index in [1.807, 2.05) is 33.1 Å². The smallest absolute Gasteiger partial charge is 0.329 e. The van der Waals surface area contributed by atoms with Crippen LogP contribution in [0.2, 0.25) is 0 Å². The van der Waals surface area contributed by atoms with E-state index in [0.717, 1.165) is 0 Å². The van der Waals surface area contributed by atoms with Crippen LogP contribution < -0.4 is 10.6 Å². The second-order valence-electron chi connectivity index (χ2n) is 6.58. The number of amides is 2. The maximum absolute atomic E-state index is 12.3. The van der Waals surface area contributed by atoms with E-state index in [0.29, 0.717) is 17.7 Å². The maximum Gasteiger partial charge on any atom is 0.329 e. The second kappa shape index (κ2) is 10.1. The number of nitrogens with one attached hydrogen (secondary N) is 2. The highest BCUT2D eigenvalue weighted by Gasteiger charge is 2.24. The van der Waals surface area contributed by atoms with Crippen molar-refractivity contribution in [3.8, 4) is 0 Å². The molecule has 6 nitrogen and oxygen atoms in total. The van der Waals surface area contributed by atoms with Gasteiger partial charge in [0.2, 0.25) is 0 Å². The van der Waals surface area contributed by atoms with Gasteiger partial charge in [-0.25, -0.2) is 4.79 Å². The van der Waals surface area contributed by atoms with Crippen LogP contribution in [0.5, 0.6) is 0 Å². The van der Waals surface area contributed by atoms with Gasteiger partial charge in [0, 0.05) is 11.1 Å². The fraction of sp³-hybridized carbons (Fsp3) is 0.500. The molecule has 0 heterocycles. The molecule has 0 unspecified atom stereocenters. The molecule has 0 aliphatic rings. The lowest BCUT2D eigenvalue weighted by Crippen LogP contribution is -2.45. The minimum Gasteiger partial charge on any atom is -0.454 e. The van der Waals surface area contributed by atoms with Crippen molar-refractivity contribution in [2.75, 3.05) is 18.6 Å². The molecular formula is C18H26N2O4S. The molecule has 0 fully saturated rings. The van der Waals surface area contributed by atoms with E-state index in [1.54, 1.807) is 36.0 Å². The lowest BCUT2D eigenvalue weighted by molar-refractivity contribution is -0.150. The summed E-state index contributed by atoms with van der Waals surface area (Å²) in [5, 5.41) is 5.40. The molecule has 1 aromatic rings. The Labute approximate surface area is 153 Å². The monoisotopic (exact) mass is 366 g/mol. The zero-order chi connectivity index (χ0) is 18.9. The molecule has 2 N–H and O–H groups in total. The van der Waals surface area contributed by atoms with Gasteiger partial charge >= 0.3 is 5.97 Å². The molecule has 138 valence electrons. The molecule has 2 amide bonds. The van der Waals surface area contributed by atoms with E-state index >= 15 is 0 Å². The third-order valence-electron chi connectivity index (χ3n) is 3.10. The fourth-order valence-electron chi connectivity index (χ4n) is 2.01. The summed E-state index contributed by atoms with van der Waals surface area (Å²) in [6, 6.07) is 7.86. The van der Waals surface area contributed by atoms with Gasteiger partial charge in [-0.2, -0.15) is 11.8 Å². The summed E-state index contributed by atoms with van der Waals surface area (Å²) in [7, 11) is 0. The third kappa shape index (κ3) is 8.58. The average Bonchev–Trinajstić information content (AvgIpc) is 2.55. The highest BCUT2D eigenvalue weighted by molar-refractivity contribution is 7.98. The van der Waals surface area contributed by atoms with Crippen LogP contribution in [0.15, 0.2) is 30.3 Å². The Morgan fingerprint density at radius 1 is 1.16 bits per heavy atom. The Kier molecular flexibility index (Phi) is 8.48. The Morgan fingerprint density at radius 3 is 2.36 bits per heavy atom. The number of hydrogen-bond acceptors (Lipinski definition) is 5. The number of esters is 1. The first-order valence-electron chi connectivity index (χ1n) is 8.05. The first-order chi connectivity index (χ1) is 11.7. The lowest BCUT2D eigenvalue weighted by Gasteiger charge is -2.21. The van der Waals surface area contributed by atoms with Crippen molar-refractivity contribution in [3.05, 3.63) is 35.9 Å². The van der Waals surface area contributed by atoms with Gasteiger partial charge < -0.3 is 15.4 Å². The molecule has 7 heteroatoms. The van der Waals surface area contributed by atoms with E-state index < -0.39 is 17.6 Å². The van der Waals surface area contributed by atoms with E-state index in [1.165, 1.54) is 0 Å². The fourth-order valence-corrected chi connectivity index (χ4v) is 2.48. The molecule has 0 aliphatic carbocycles. The summed E-state index contributed by atoms with van der Waals surface area (Å²) in [6.45, 7) is 5.16. The van der Waals surface area contributed by atoms with Gasteiger partial charge in [-0.05, 0) is 51.3 Å². The normalized spacial score (nSPS) is 12.2. The summed E-state index contributed by atoms with van der Waals surface area (Å²) in [5.74, 6) is -0.646. The van der Waals surface area contributed by atoms with Crippen molar-refractivity contribution in [2.45, 2.75) is 38.8 Å². The number of carbonyl (C=O) groups excluding carboxylic acids is 3. The molecule has 0 aromatic heterocycles. The summed E-state index contributed by atoms with van der Waals surface area (Å²) in [6.07, 6.45) is 2.34. The van der Waals surface area contributed by atoms with Crippen LogP contribution in [0.3, 0.4) is 0 Å². The molecule has 0 aliphatic heterocycles. The largest absolute Gasteiger partial charge is 0.454 e. The predicted octanol–water partition coefficient (Wildman–Crippen LogP) is 2.00. The second-order valence-corrected chi connectivity index (χ2v) is 7.57. The summed E-state index contributed by atoms with van der Waals surface area (Å²) in [4.78, 5) is 36.3. The molecule has 1 aromatic carbocycles. The number of thioether (sulfide) groups is 1. The topological polar surface area (TPSA) is 84.5 Å². The highest BCUT2D eigenvalue weighted by Crippen LogP contribution is 2.06. The van der Waals surface area contributed by atoms with Crippen LogP contribution >= 0.6 is 11.8 Å². The summed E-state index contributed by atoms with van der Waals surface area (Å²) in [5.41, 5.74) is 0.0680. The molecule has 0 radical (unpaired) electrons. The van der Waals surface area contributed by atoms with E-state index in [2.05, 4.69) is 10.6 Å². The lowest BCUT2D eigenvalue weighted by atomic mass is 10.1. The molecule has 25 heavy (non-hydrogen) atoms. The molecule has 0 bridgehead atoms.